The van der Waals surface area contributed by atoms with E-state index in [-0.39, 0.29) is 6.04 Å². The first kappa shape index (κ1) is 17.3. The molecule has 0 spiro atoms. The van der Waals surface area contributed by atoms with Crippen molar-refractivity contribution < 1.29 is 4.79 Å². The molecule has 0 radical (unpaired) electrons. The molecule has 0 aliphatic carbocycles. The monoisotopic (exact) mass is 352 g/mol. The minimum Gasteiger partial charge on any atom is -0.348 e. The van der Waals surface area contributed by atoms with Gasteiger partial charge >= 0.3 is 0 Å². The fourth-order valence-electron chi connectivity index (χ4n) is 4.41. The van der Waals surface area contributed by atoms with Gasteiger partial charge in [0.1, 0.15) is 0 Å². The number of carbonyl (C=O) groups is 1. The van der Waals surface area contributed by atoms with Crippen LogP contribution in [0.2, 0.25) is 0 Å². The maximum absolute atomic E-state index is 13.2. The van der Waals surface area contributed by atoms with Gasteiger partial charge in [0.15, 0.2) is 0 Å². The number of fused-ring (bicyclic) bond motifs is 1. The highest BCUT2D eigenvalue weighted by atomic mass is 16.2. The Kier molecular flexibility index (Phi) is 5.07. The van der Waals surface area contributed by atoms with E-state index in [4.69, 9.17) is 0 Å². The molecule has 0 saturated carbocycles. The molecule has 0 aromatic carbocycles. The number of carbonyl (C=O) groups excluding carboxylic acids is 1. The van der Waals surface area contributed by atoms with E-state index < -0.39 is 0 Å². The Hall–Kier alpha value is -2.14. The summed E-state index contributed by atoms with van der Waals surface area (Å²) in [5.74, 6) is 0.815. The van der Waals surface area contributed by atoms with Crippen LogP contribution in [-0.4, -0.2) is 51.4 Å². The van der Waals surface area contributed by atoms with E-state index in [0.29, 0.717) is 18.2 Å². The van der Waals surface area contributed by atoms with Gasteiger partial charge in [-0.3, -0.25) is 9.78 Å². The summed E-state index contributed by atoms with van der Waals surface area (Å²) in [6.07, 6.45) is 8.76. The number of hydrogen-bond acceptors (Lipinski definition) is 3. The molecule has 1 amide bonds. The van der Waals surface area contributed by atoms with E-state index in [1.54, 1.807) is 6.20 Å². The number of aromatic nitrogens is 2. The number of amides is 1. The molecule has 4 heterocycles. The molecule has 1 fully saturated rings. The lowest BCUT2D eigenvalue weighted by Crippen LogP contribution is -2.43. The standard InChI is InChI=1S/C21H28N4O/c1-2-23-11-7-17(8-12-23)15-20(26)25-14-13-24-10-4-6-19(24)21(25)18-5-3-9-22-16-18/h3-6,9-10,16-17,21H,2,7-8,11-15H2,1H3/t21-/m0/s1. The van der Waals surface area contributed by atoms with Crippen molar-refractivity contribution in [2.45, 2.75) is 38.8 Å². The molecular formula is C21H28N4O. The maximum atomic E-state index is 13.2. The Morgan fingerprint density at radius 1 is 1.15 bits per heavy atom. The first-order valence-corrected chi connectivity index (χ1v) is 9.83. The Balaban J connectivity index is 1.52. The SMILES string of the molecule is CCN1CCC(CC(=O)N2CCn3cccc3[C@@H]2c2cccnc2)CC1. The predicted octanol–water partition coefficient (Wildman–Crippen LogP) is 2.94. The van der Waals surface area contributed by atoms with Gasteiger partial charge in [-0.25, -0.2) is 0 Å². The zero-order chi connectivity index (χ0) is 17.9. The second-order valence-electron chi connectivity index (χ2n) is 7.48. The lowest BCUT2D eigenvalue weighted by Gasteiger charge is -2.38. The average molecular weight is 352 g/mol. The fraction of sp³-hybridized carbons (Fsp3) is 0.524. The first-order chi connectivity index (χ1) is 12.8. The molecule has 0 unspecified atom stereocenters. The van der Waals surface area contributed by atoms with Crippen LogP contribution in [0.25, 0.3) is 0 Å². The molecule has 2 aliphatic rings. The quantitative estimate of drug-likeness (QED) is 0.849. The van der Waals surface area contributed by atoms with Crippen molar-refractivity contribution in [1.82, 2.24) is 19.4 Å². The Morgan fingerprint density at radius 2 is 2.00 bits per heavy atom. The maximum Gasteiger partial charge on any atom is 0.223 e. The van der Waals surface area contributed by atoms with Crippen LogP contribution in [0.5, 0.6) is 0 Å². The topological polar surface area (TPSA) is 41.4 Å². The minimum absolute atomic E-state index is 0.0179. The Bertz CT molecular complexity index is 733. The zero-order valence-corrected chi connectivity index (χ0v) is 15.6. The summed E-state index contributed by atoms with van der Waals surface area (Å²) in [6.45, 7) is 7.24. The molecule has 138 valence electrons. The molecule has 1 atom stereocenters. The average Bonchev–Trinajstić information content (AvgIpc) is 3.17. The lowest BCUT2D eigenvalue weighted by molar-refractivity contribution is -0.135. The number of piperidine rings is 1. The van der Waals surface area contributed by atoms with Gasteiger partial charge in [-0.2, -0.15) is 0 Å². The molecule has 0 bridgehead atoms. The summed E-state index contributed by atoms with van der Waals surface area (Å²) in [6, 6.07) is 8.24. The third-order valence-electron chi connectivity index (χ3n) is 5.98. The summed E-state index contributed by atoms with van der Waals surface area (Å²) in [4.78, 5) is 22.1. The van der Waals surface area contributed by atoms with Gasteiger partial charge < -0.3 is 14.4 Å². The molecule has 2 aromatic heterocycles. The molecule has 2 aliphatic heterocycles. The van der Waals surface area contributed by atoms with Crippen molar-refractivity contribution in [3.05, 3.63) is 54.1 Å². The van der Waals surface area contributed by atoms with E-state index >= 15 is 0 Å². The van der Waals surface area contributed by atoms with Gasteiger partial charge in [0.05, 0.1) is 6.04 Å². The highest BCUT2D eigenvalue weighted by molar-refractivity contribution is 5.77. The van der Waals surface area contributed by atoms with Crippen molar-refractivity contribution in [2.75, 3.05) is 26.2 Å². The first-order valence-electron chi connectivity index (χ1n) is 9.83. The third kappa shape index (κ3) is 3.40. The smallest absolute Gasteiger partial charge is 0.223 e. The summed E-state index contributed by atoms with van der Waals surface area (Å²) >= 11 is 0. The van der Waals surface area contributed by atoms with E-state index in [2.05, 4.69) is 50.7 Å². The third-order valence-corrected chi connectivity index (χ3v) is 5.98. The van der Waals surface area contributed by atoms with E-state index in [1.807, 2.05) is 12.3 Å². The highest BCUT2D eigenvalue weighted by Crippen LogP contribution is 2.33. The number of pyridine rings is 1. The van der Waals surface area contributed by atoms with Crippen LogP contribution in [0.4, 0.5) is 0 Å². The van der Waals surface area contributed by atoms with Crippen LogP contribution in [-0.2, 0) is 11.3 Å². The molecular weight excluding hydrogens is 324 g/mol. The fourth-order valence-corrected chi connectivity index (χ4v) is 4.41. The molecule has 1 saturated heterocycles. The van der Waals surface area contributed by atoms with Gasteiger partial charge in [-0.05, 0) is 62.2 Å². The summed E-state index contributed by atoms with van der Waals surface area (Å²) in [5, 5.41) is 0. The predicted molar refractivity (Wildman–Crippen MR) is 102 cm³/mol. The highest BCUT2D eigenvalue weighted by Gasteiger charge is 2.33. The molecule has 0 N–H and O–H groups in total. The van der Waals surface area contributed by atoms with Crippen LogP contribution in [0.15, 0.2) is 42.9 Å². The van der Waals surface area contributed by atoms with Crippen molar-refractivity contribution in [2.24, 2.45) is 5.92 Å². The second-order valence-corrected chi connectivity index (χ2v) is 7.48. The van der Waals surface area contributed by atoms with Gasteiger partial charge in [0.25, 0.3) is 0 Å². The summed E-state index contributed by atoms with van der Waals surface area (Å²) in [5.41, 5.74) is 2.29. The number of rotatable bonds is 4. The van der Waals surface area contributed by atoms with Gasteiger partial charge in [-0.15, -0.1) is 0 Å². The molecule has 26 heavy (non-hydrogen) atoms. The zero-order valence-electron chi connectivity index (χ0n) is 15.6. The van der Waals surface area contributed by atoms with Crippen molar-refractivity contribution in [3.8, 4) is 0 Å². The number of nitrogens with zero attached hydrogens (tertiary/aromatic N) is 4. The van der Waals surface area contributed by atoms with Crippen molar-refractivity contribution in [3.63, 3.8) is 0 Å². The van der Waals surface area contributed by atoms with Crippen LogP contribution < -0.4 is 0 Å². The van der Waals surface area contributed by atoms with E-state index in [9.17, 15) is 4.79 Å². The van der Waals surface area contributed by atoms with Gasteiger partial charge in [-0.1, -0.05) is 13.0 Å². The van der Waals surface area contributed by atoms with Crippen LogP contribution >= 0.6 is 0 Å². The Labute approximate surface area is 155 Å². The molecule has 4 rings (SSSR count). The van der Waals surface area contributed by atoms with Crippen LogP contribution in [0.3, 0.4) is 0 Å². The van der Waals surface area contributed by atoms with E-state index in [1.165, 1.54) is 5.69 Å². The van der Waals surface area contributed by atoms with Crippen molar-refractivity contribution >= 4 is 5.91 Å². The van der Waals surface area contributed by atoms with Crippen LogP contribution in [0.1, 0.15) is 43.5 Å². The van der Waals surface area contributed by atoms with Crippen molar-refractivity contribution in [1.29, 1.82) is 0 Å². The van der Waals surface area contributed by atoms with Gasteiger partial charge in [0.2, 0.25) is 5.91 Å². The van der Waals surface area contributed by atoms with E-state index in [0.717, 1.165) is 51.1 Å². The molecule has 2 aromatic rings. The molecule has 5 nitrogen and oxygen atoms in total. The minimum atomic E-state index is -0.0179. The summed E-state index contributed by atoms with van der Waals surface area (Å²) in [7, 11) is 0. The summed E-state index contributed by atoms with van der Waals surface area (Å²) < 4.78 is 2.27. The molecule has 5 heteroatoms. The largest absolute Gasteiger partial charge is 0.348 e. The van der Waals surface area contributed by atoms with Gasteiger partial charge in [0, 0.05) is 43.8 Å². The van der Waals surface area contributed by atoms with Crippen LogP contribution in [0, 0.1) is 5.92 Å². The number of likely N-dealkylation sites (tertiary alicyclic amines) is 1. The number of hydrogen-bond donors (Lipinski definition) is 0. The second kappa shape index (κ2) is 7.62. The Morgan fingerprint density at radius 3 is 2.73 bits per heavy atom. The normalized spacial score (nSPS) is 21.6. The lowest BCUT2D eigenvalue weighted by atomic mass is 9.92.